The maximum Gasteiger partial charge on any atom is 0.404 e. The van der Waals surface area contributed by atoms with Crippen molar-refractivity contribution in [3.8, 4) is 6.07 Å². The normalized spacial score (nSPS) is 15.2. The second-order valence-corrected chi connectivity index (χ2v) is 7.52. The quantitative estimate of drug-likeness (QED) is 0.424. The number of nitriles is 1. The molecule has 4 N–H and O–H groups in total. The first-order chi connectivity index (χ1) is 16.3. The van der Waals surface area contributed by atoms with Gasteiger partial charge >= 0.3 is 6.09 Å². The molecule has 1 fully saturated rings. The lowest BCUT2D eigenvalue weighted by Crippen LogP contribution is -2.47. The van der Waals surface area contributed by atoms with Gasteiger partial charge < -0.3 is 35.4 Å². The molecule has 0 aliphatic carbocycles. The van der Waals surface area contributed by atoms with Gasteiger partial charge in [0.25, 0.3) is 0 Å². The van der Waals surface area contributed by atoms with Crippen LogP contribution in [0.5, 0.6) is 0 Å². The van der Waals surface area contributed by atoms with Gasteiger partial charge in [-0.15, -0.1) is 0 Å². The number of carboxylic acid groups (broad SMARTS) is 1. The fourth-order valence-electron chi connectivity index (χ4n) is 3.38. The van der Waals surface area contributed by atoms with Gasteiger partial charge in [-0.1, -0.05) is 0 Å². The van der Waals surface area contributed by atoms with Crippen LogP contribution in [-0.2, 0) is 9.47 Å². The summed E-state index contributed by atoms with van der Waals surface area (Å²) in [6.45, 7) is 3.61. The molecule has 2 aromatic rings. The lowest BCUT2D eigenvalue weighted by molar-refractivity contribution is 0.122. The summed E-state index contributed by atoms with van der Waals surface area (Å²) >= 11 is 0. The minimum Gasteiger partial charge on any atom is -0.465 e. The first kappa shape index (κ1) is 24.9. The van der Waals surface area contributed by atoms with Crippen LogP contribution in [0.15, 0.2) is 18.3 Å². The number of morpholine rings is 1. The first-order valence-corrected chi connectivity index (χ1v) is 10.4. The van der Waals surface area contributed by atoms with E-state index in [0.717, 1.165) is 6.07 Å². The zero-order valence-electron chi connectivity index (χ0n) is 18.6. The number of amides is 1. The Balaban J connectivity index is 1.84. The molecule has 0 aromatic carbocycles. The van der Waals surface area contributed by atoms with Crippen LogP contribution in [0.2, 0.25) is 0 Å². The number of hydrogen-bond donors (Lipinski definition) is 4. The van der Waals surface area contributed by atoms with Crippen molar-refractivity contribution >= 4 is 29.2 Å². The number of halogens is 2. The van der Waals surface area contributed by atoms with Gasteiger partial charge in [0.15, 0.2) is 29.1 Å². The molecule has 1 aliphatic rings. The van der Waals surface area contributed by atoms with Gasteiger partial charge in [-0.2, -0.15) is 5.26 Å². The second kappa shape index (κ2) is 11.4. The van der Waals surface area contributed by atoms with Crippen molar-refractivity contribution in [2.45, 2.75) is 19.0 Å². The number of hydrogen-bond acceptors (Lipinski definition) is 9. The van der Waals surface area contributed by atoms with Crippen molar-refractivity contribution in [3.63, 3.8) is 0 Å². The van der Waals surface area contributed by atoms with Crippen LogP contribution < -0.4 is 20.9 Å². The van der Waals surface area contributed by atoms with Crippen molar-refractivity contribution in [2.75, 3.05) is 55.6 Å². The number of nitrogens with zero attached hydrogens (tertiary/aromatic N) is 4. The molecule has 1 saturated heterocycles. The van der Waals surface area contributed by atoms with Crippen molar-refractivity contribution < 1.29 is 28.2 Å². The van der Waals surface area contributed by atoms with Crippen molar-refractivity contribution in [3.05, 3.63) is 35.5 Å². The van der Waals surface area contributed by atoms with Crippen molar-refractivity contribution in [2.24, 2.45) is 0 Å². The van der Waals surface area contributed by atoms with E-state index >= 15 is 0 Å². The topological polar surface area (TPSA) is 145 Å². The van der Waals surface area contributed by atoms with Gasteiger partial charge in [-0.25, -0.2) is 23.5 Å². The maximum atomic E-state index is 14.7. The third-order valence-electron chi connectivity index (χ3n) is 5.11. The summed E-state index contributed by atoms with van der Waals surface area (Å²) < 4.78 is 39.7. The molecule has 2 aromatic heterocycles. The lowest BCUT2D eigenvalue weighted by Gasteiger charge is -2.28. The van der Waals surface area contributed by atoms with Crippen molar-refractivity contribution in [1.29, 1.82) is 5.26 Å². The fourth-order valence-corrected chi connectivity index (χ4v) is 3.38. The summed E-state index contributed by atoms with van der Waals surface area (Å²) in [7, 11) is 1.42. The third kappa shape index (κ3) is 6.18. The summed E-state index contributed by atoms with van der Waals surface area (Å²) in [4.78, 5) is 21.0. The molecule has 13 heteroatoms. The Bertz CT molecular complexity index is 1060. The van der Waals surface area contributed by atoms with E-state index in [-0.39, 0.29) is 35.3 Å². The molecule has 34 heavy (non-hydrogen) atoms. The summed E-state index contributed by atoms with van der Waals surface area (Å²) in [6.07, 6.45) is 0.140. The van der Waals surface area contributed by atoms with E-state index in [1.54, 1.807) is 11.8 Å². The van der Waals surface area contributed by atoms with Crippen LogP contribution in [0.25, 0.3) is 0 Å². The van der Waals surface area contributed by atoms with Crippen LogP contribution in [0.4, 0.5) is 36.7 Å². The van der Waals surface area contributed by atoms with Gasteiger partial charge in [0.1, 0.15) is 6.07 Å². The van der Waals surface area contributed by atoms with Crippen LogP contribution in [0, 0.1) is 23.0 Å². The van der Waals surface area contributed by atoms with Crippen LogP contribution in [0.1, 0.15) is 12.5 Å². The second-order valence-electron chi connectivity index (χ2n) is 7.52. The lowest BCUT2D eigenvalue weighted by atomic mass is 10.1. The summed E-state index contributed by atoms with van der Waals surface area (Å²) in [5.41, 5.74) is 0.103. The Hall–Kier alpha value is -3.76. The fraction of sp³-hybridized carbons (Fsp3) is 0.429. The van der Waals surface area contributed by atoms with E-state index in [9.17, 15) is 18.8 Å². The third-order valence-corrected chi connectivity index (χ3v) is 5.11. The highest BCUT2D eigenvalue weighted by Crippen LogP contribution is 2.26. The maximum absolute atomic E-state index is 14.7. The zero-order valence-corrected chi connectivity index (χ0v) is 18.6. The molecule has 3 heterocycles. The van der Waals surface area contributed by atoms with E-state index in [0.29, 0.717) is 26.3 Å². The molecule has 0 bridgehead atoms. The molecule has 2 atom stereocenters. The highest BCUT2D eigenvalue weighted by atomic mass is 19.1. The molecular weight excluding hydrogens is 452 g/mol. The van der Waals surface area contributed by atoms with Crippen molar-refractivity contribution in [1.82, 2.24) is 15.3 Å². The Morgan fingerprint density at radius 2 is 2.06 bits per heavy atom. The van der Waals surface area contributed by atoms with Crippen LogP contribution in [-0.4, -0.2) is 73.3 Å². The monoisotopic (exact) mass is 477 g/mol. The van der Waals surface area contributed by atoms with Gasteiger partial charge in [-0.05, 0) is 13.0 Å². The highest BCUT2D eigenvalue weighted by molar-refractivity contribution is 5.66. The van der Waals surface area contributed by atoms with Gasteiger partial charge in [-0.3, -0.25) is 0 Å². The van der Waals surface area contributed by atoms with E-state index in [1.165, 1.54) is 19.4 Å². The summed E-state index contributed by atoms with van der Waals surface area (Å²) in [5, 5.41) is 26.3. The highest BCUT2D eigenvalue weighted by Gasteiger charge is 2.23. The average molecular weight is 477 g/mol. The summed E-state index contributed by atoms with van der Waals surface area (Å²) in [6, 6.07) is 2.71. The number of ether oxygens (including phenoxy) is 2. The number of methoxy groups -OCH3 is 1. The molecule has 0 radical (unpaired) electrons. The standard InChI is InChI=1S/C21H25F2N7O4/c1-12(26-21(31)32)17(11-33-2)28-19-15(22)7-13(9-24)18(29-19)27-14-8-16(23)20(25-10-14)30-3-5-34-6-4-30/h7-8,10,12,17,26H,3-6,11H2,1-2H3,(H,31,32)(H2,27,28,29)/t12-,17+/m0/s1. The Morgan fingerprint density at radius 1 is 1.32 bits per heavy atom. The molecule has 0 spiro atoms. The van der Waals surface area contributed by atoms with Gasteiger partial charge in [0.2, 0.25) is 0 Å². The predicted molar refractivity (Wildman–Crippen MR) is 119 cm³/mol. The predicted octanol–water partition coefficient (Wildman–Crippen LogP) is 2.29. The Labute approximate surface area is 194 Å². The molecule has 11 nitrogen and oxygen atoms in total. The molecule has 182 valence electrons. The van der Waals surface area contributed by atoms with E-state index in [4.69, 9.17) is 14.6 Å². The van der Waals surface area contributed by atoms with E-state index < -0.39 is 29.8 Å². The molecule has 0 saturated carbocycles. The smallest absolute Gasteiger partial charge is 0.404 e. The number of aromatic nitrogens is 2. The largest absolute Gasteiger partial charge is 0.465 e. The van der Waals surface area contributed by atoms with Gasteiger partial charge in [0, 0.05) is 26.3 Å². The SMILES string of the molecule is COC[C@@H](Nc1nc(Nc2cnc(N3CCOCC3)c(F)c2)c(C#N)cc1F)[C@H](C)NC(=O)O. The van der Waals surface area contributed by atoms with E-state index in [2.05, 4.69) is 25.9 Å². The number of nitrogens with one attached hydrogen (secondary N) is 3. The molecular formula is C21H25F2N7O4. The Morgan fingerprint density at radius 3 is 2.68 bits per heavy atom. The zero-order chi connectivity index (χ0) is 24.7. The number of pyridine rings is 2. The summed E-state index contributed by atoms with van der Waals surface area (Å²) in [5.74, 6) is -1.47. The van der Waals surface area contributed by atoms with Crippen LogP contribution in [0.3, 0.4) is 0 Å². The minimum absolute atomic E-state index is 0.0262. The van der Waals surface area contributed by atoms with Gasteiger partial charge in [0.05, 0.1) is 49.4 Å². The molecule has 0 unspecified atom stereocenters. The first-order valence-electron chi connectivity index (χ1n) is 10.4. The molecule has 3 rings (SSSR count). The average Bonchev–Trinajstić information content (AvgIpc) is 2.80. The number of carbonyl (C=O) groups is 1. The minimum atomic E-state index is -1.25. The number of anilines is 4. The molecule has 1 aliphatic heterocycles. The molecule has 1 amide bonds. The Kier molecular flexibility index (Phi) is 8.34. The number of rotatable bonds is 9. The van der Waals surface area contributed by atoms with E-state index in [1.807, 2.05) is 6.07 Å². The van der Waals surface area contributed by atoms with Crippen LogP contribution >= 0.6 is 0 Å².